The maximum atomic E-state index is 12.0. The van der Waals surface area contributed by atoms with Gasteiger partial charge in [0.1, 0.15) is 0 Å². The van der Waals surface area contributed by atoms with Crippen LogP contribution in [0, 0.1) is 0 Å². The Labute approximate surface area is 190 Å². The third-order valence-corrected chi connectivity index (χ3v) is 5.48. The van der Waals surface area contributed by atoms with Gasteiger partial charge in [-0.3, -0.25) is 14.2 Å². The monoisotopic (exact) mass is 488 g/mol. The average Bonchev–Trinajstić information content (AvgIpc) is 3.36. The number of esters is 1. The summed E-state index contributed by atoms with van der Waals surface area (Å²) >= 11 is 19.0. The van der Waals surface area contributed by atoms with Crippen molar-refractivity contribution < 1.29 is 18.7 Å². The fourth-order valence-corrected chi connectivity index (χ4v) is 4.13. The lowest BCUT2D eigenvalue weighted by Crippen LogP contribution is -2.22. The van der Waals surface area contributed by atoms with E-state index >= 15 is 0 Å². The average molecular weight is 490 g/mol. The van der Waals surface area contributed by atoms with Crippen LogP contribution in [-0.4, -0.2) is 39.0 Å². The molecule has 8 nitrogen and oxygen atoms in total. The van der Waals surface area contributed by atoms with Crippen LogP contribution in [0.5, 0.6) is 0 Å². The van der Waals surface area contributed by atoms with Gasteiger partial charge in [-0.1, -0.05) is 46.6 Å². The van der Waals surface area contributed by atoms with E-state index in [1.54, 1.807) is 18.4 Å². The maximum absolute atomic E-state index is 12.0. The van der Waals surface area contributed by atoms with Crippen LogP contribution in [0.15, 0.2) is 40.1 Å². The SMILES string of the molecule is CCn1c(SCC(=O)OCC(=O)Nc2c(Cl)cc(Cl)cc2Cl)nnc1-c1ccco1. The van der Waals surface area contributed by atoms with E-state index in [1.165, 1.54) is 12.1 Å². The molecule has 0 saturated heterocycles. The topological polar surface area (TPSA) is 99.2 Å². The largest absolute Gasteiger partial charge is 0.461 e. The number of aromatic nitrogens is 3. The second-order valence-electron chi connectivity index (χ2n) is 5.77. The Hall–Kier alpha value is -2.20. The Morgan fingerprint density at radius 2 is 1.97 bits per heavy atom. The first kappa shape index (κ1) is 22.5. The van der Waals surface area contributed by atoms with Crippen LogP contribution >= 0.6 is 46.6 Å². The van der Waals surface area contributed by atoms with Crippen LogP contribution in [0.2, 0.25) is 15.1 Å². The molecule has 0 aliphatic heterocycles. The Bertz CT molecular complexity index is 1030. The molecule has 0 aliphatic carbocycles. The summed E-state index contributed by atoms with van der Waals surface area (Å²) in [7, 11) is 0. The summed E-state index contributed by atoms with van der Waals surface area (Å²) in [4.78, 5) is 24.1. The van der Waals surface area contributed by atoms with Crippen LogP contribution in [0.3, 0.4) is 0 Å². The summed E-state index contributed by atoms with van der Waals surface area (Å²) < 4.78 is 12.2. The van der Waals surface area contributed by atoms with E-state index in [0.717, 1.165) is 11.8 Å². The predicted molar refractivity (Wildman–Crippen MR) is 115 cm³/mol. The van der Waals surface area contributed by atoms with E-state index in [1.807, 2.05) is 11.5 Å². The molecule has 158 valence electrons. The lowest BCUT2D eigenvalue weighted by atomic mass is 10.3. The summed E-state index contributed by atoms with van der Waals surface area (Å²) in [5.41, 5.74) is 0.194. The van der Waals surface area contributed by atoms with Crippen molar-refractivity contribution in [1.82, 2.24) is 14.8 Å². The van der Waals surface area contributed by atoms with Gasteiger partial charge >= 0.3 is 5.97 Å². The van der Waals surface area contributed by atoms with Gasteiger partial charge in [-0.15, -0.1) is 10.2 Å². The molecule has 2 aromatic heterocycles. The smallest absolute Gasteiger partial charge is 0.316 e. The van der Waals surface area contributed by atoms with Gasteiger partial charge in [-0.25, -0.2) is 0 Å². The normalized spacial score (nSPS) is 10.8. The first-order valence-corrected chi connectivity index (χ1v) is 10.7. The highest BCUT2D eigenvalue weighted by molar-refractivity contribution is 7.99. The van der Waals surface area contributed by atoms with Gasteiger partial charge in [0.2, 0.25) is 0 Å². The molecule has 0 aliphatic rings. The highest BCUT2D eigenvalue weighted by Crippen LogP contribution is 2.33. The van der Waals surface area contributed by atoms with Crippen molar-refractivity contribution in [2.24, 2.45) is 0 Å². The zero-order valence-corrected chi connectivity index (χ0v) is 18.6. The number of hydrogen-bond acceptors (Lipinski definition) is 7. The molecule has 0 radical (unpaired) electrons. The number of furan rings is 1. The second kappa shape index (κ2) is 10.2. The van der Waals surface area contributed by atoms with Crippen LogP contribution in [0.4, 0.5) is 5.69 Å². The molecular formula is C18H15Cl3N4O4S. The van der Waals surface area contributed by atoms with Gasteiger partial charge in [0.15, 0.2) is 23.3 Å². The molecule has 12 heteroatoms. The van der Waals surface area contributed by atoms with Crippen molar-refractivity contribution in [1.29, 1.82) is 0 Å². The van der Waals surface area contributed by atoms with Gasteiger partial charge in [0.25, 0.3) is 5.91 Å². The van der Waals surface area contributed by atoms with E-state index in [0.29, 0.717) is 28.3 Å². The number of carbonyl (C=O) groups excluding carboxylic acids is 2. The minimum Gasteiger partial charge on any atom is -0.461 e. The molecule has 3 aromatic rings. The van der Waals surface area contributed by atoms with Crippen molar-refractivity contribution in [3.05, 3.63) is 45.6 Å². The number of amides is 1. The molecule has 1 amide bonds. The minimum atomic E-state index is -0.589. The Kier molecular flexibility index (Phi) is 7.65. The number of halogens is 3. The molecule has 3 rings (SSSR count). The fraction of sp³-hybridized carbons (Fsp3) is 0.222. The summed E-state index contributed by atoms with van der Waals surface area (Å²) in [6, 6.07) is 6.41. The van der Waals surface area contributed by atoms with Crippen molar-refractivity contribution >= 4 is 64.1 Å². The number of anilines is 1. The zero-order valence-electron chi connectivity index (χ0n) is 15.5. The summed E-state index contributed by atoms with van der Waals surface area (Å²) in [5, 5.41) is 11.9. The summed E-state index contributed by atoms with van der Waals surface area (Å²) in [5.74, 6) is -0.0825. The number of rotatable bonds is 8. The van der Waals surface area contributed by atoms with Crippen LogP contribution in [0.25, 0.3) is 11.6 Å². The first-order chi connectivity index (χ1) is 14.4. The fourth-order valence-electron chi connectivity index (χ4n) is 2.42. The number of ether oxygens (including phenoxy) is 1. The van der Waals surface area contributed by atoms with Gasteiger partial charge in [0.05, 0.1) is 27.7 Å². The Morgan fingerprint density at radius 3 is 2.60 bits per heavy atom. The third kappa shape index (κ3) is 5.48. The first-order valence-electron chi connectivity index (χ1n) is 8.59. The molecule has 0 saturated carbocycles. The van der Waals surface area contributed by atoms with Gasteiger partial charge in [0, 0.05) is 11.6 Å². The van der Waals surface area contributed by atoms with Crippen molar-refractivity contribution in [2.45, 2.75) is 18.6 Å². The highest BCUT2D eigenvalue weighted by Gasteiger charge is 2.17. The lowest BCUT2D eigenvalue weighted by molar-refractivity contribution is -0.144. The Balaban J connectivity index is 1.52. The number of thioether (sulfide) groups is 1. The minimum absolute atomic E-state index is 0.0496. The number of carbonyl (C=O) groups is 2. The van der Waals surface area contributed by atoms with E-state index in [9.17, 15) is 9.59 Å². The molecule has 0 spiro atoms. The summed E-state index contributed by atoms with van der Waals surface area (Å²) in [6.45, 7) is 2.02. The van der Waals surface area contributed by atoms with E-state index in [2.05, 4.69) is 15.5 Å². The van der Waals surface area contributed by atoms with Crippen molar-refractivity contribution in [3.8, 4) is 11.6 Å². The number of nitrogens with zero attached hydrogens (tertiary/aromatic N) is 3. The number of benzene rings is 1. The quantitative estimate of drug-likeness (QED) is 0.358. The lowest BCUT2D eigenvalue weighted by Gasteiger charge is -2.10. The van der Waals surface area contributed by atoms with Crippen LogP contribution in [0.1, 0.15) is 6.92 Å². The van der Waals surface area contributed by atoms with Crippen LogP contribution in [-0.2, 0) is 20.9 Å². The third-order valence-electron chi connectivity index (χ3n) is 3.73. The van der Waals surface area contributed by atoms with E-state index in [-0.39, 0.29) is 21.5 Å². The van der Waals surface area contributed by atoms with Gasteiger partial charge in [-0.2, -0.15) is 0 Å². The molecule has 1 N–H and O–H groups in total. The molecule has 1 aromatic carbocycles. The zero-order chi connectivity index (χ0) is 21.7. The molecule has 0 atom stereocenters. The van der Waals surface area contributed by atoms with Crippen molar-refractivity contribution in [3.63, 3.8) is 0 Å². The maximum Gasteiger partial charge on any atom is 0.316 e. The highest BCUT2D eigenvalue weighted by atomic mass is 35.5. The molecule has 0 fully saturated rings. The van der Waals surface area contributed by atoms with Gasteiger partial charge < -0.3 is 14.5 Å². The van der Waals surface area contributed by atoms with E-state index in [4.69, 9.17) is 44.0 Å². The van der Waals surface area contributed by atoms with E-state index < -0.39 is 18.5 Å². The Morgan fingerprint density at radius 1 is 1.23 bits per heavy atom. The standard InChI is InChI=1S/C18H15Cl3N4O4S/c1-2-25-17(13-4-3-5-28-13)23-24-18(25)30-9-15(27)29-8-14(26)22-16-11(20)6-10(19)7-12(16)21/h3-7H,2,8-9H2,1H3,(H,22,26). The summed E-state index contributed by atoms with van der Waals surface area (Å²) in [6.07, 6.45) is 1.55. The van der Waals surface area contributed by atoms with Crippen molar-refractivity contribution in [2.75, 3.05) is 17.7 Å². The molecule has 0 unspecified atom stereocenters. The second-order valence-corrected chi connectivity index (χ2v) is 7.96. The molecule has 2 heterocycles. The molecular weight excluding hydrogens is 475 g/mol. The van der Waals surface area contributed by atoms with Crippen LogP contribution < -0.4 is 5.32 Å². The number of hydrogen-bond donors (Lipinski definition) is 1. The van der Waals surface area contributed by atoms with Gasteiger partial charge in [-0.05, 0) is 31.2 Å². The molecule has 30 heavy (non-hydrogen) atoms. The number of nitrogens with one attached hydrogen (secondary N) is 1. The predicted octanol–water partition coefficient (Wildman–Crippen LogP) is 4.79. The molecule has 0 bridgehead atoms.